The third-order valence-corrected chi connectivity index (χ3v) is 4.06. The molecular weight excluding hydrogens is 220 g/mol. The summed E-state index contributed by atoms with van der Waals surface area (Å²) in [5, 5.41) is 0. The van der Waals surface area contributed by atoms with Gasteiger partial charge >= 0.3 is 0 Å². The van der Waals surface area contributed by atoms with E-state index in [1.165, 1.54) is 30.5 Å². The first-order chi connectivity index (χ1) is 8.72. The Morgan fingerprint density at radius 1 is 1.33 bits per heavy atom. The van der Waals surface area contributed by atoms with Crippen molar-refractivity contribution < 1.29 is 0 Å². The van der Waals surface area contributed by atoms with Gasteiger partial charge in [-0.1, -0.05) is 31.5 Å². The molecule has 0 fully saturated rings. The molecule has 1 aromatic carbocycles. The van der Waals surface area contributed by atoms with Crippen LogP contribution in [0.1, 0.15) is 45.1 Å². The van der Waals surface area contributed by atoms with Crippen LogP contribution < -0.4 is 10.6 Å². The number of anilines is 1. The number of nitrogens with zero attached hydrogens (tertiary/aromatic N) is 1. The minimum atomic E-state index is 0.358. The fourth-order valence-corrected chi connectivity index (χ4v) is 2.92. The van der Waals surface area contributed by atoms with Crippen molar-refractivity contribution in [3.05, 3.63) is 29.8 Å². The maximum absolute atomic E-state index is 6.14. The molecule has 1 aliphatic heterocycles. The normalized spacial score (nSPS) is 20.6. The SMILES string of the molecule is CCCC(N)CCN1c2ccccc2CCC1C. The van der Waals surface area contributed by atoms with Gasteiger partial charge in [0, 0.05) is 24.3 Å². The lowest BCUT2D eigenvalue weighted by Gasteiger charge is -2.37. The fraction of sp³-hybridized carbons (Fsp3) is 0.625. The minimum absolute atomic E-state index is 0.358. The summed E-state index contributed by atoms with van der Waals surface area (Å²) < 4.78 is 0. The molecule has 0 saturated carbocycles. The summed E-state index contributed by atoms with van der Waals surface area (Å²) in [5.74, 6) is 0. The molecule has 2 rings (SSSR count). The summed E-state index contributed by atoms with van der Waals surface area (Å²) in [6.45, 7) is 5.64. The maximum atomic E-state index is 6.14. The highest BCUT2D eigenvalue weighted by Crippen LogP contribution is 2.30. The Labute approximate surface area is 111 Å². The quantitative estimate of drug-likeness (QED) is 0.863. The van der Waals surface area contributed by atoms with Crippen molar-refractivity contribution in [2.24, 2.45) is 5.73 Å². The zero-order valence-corrected chi connectivity index (χ0v) is 11.7. The summed E-state index contributed by atoms with van der Waals surface area (Å²) >= 11 is 0. The van der Waals surface area contributed by atoms with E-state index in [4.69, 9.17) is 5.73 Å². The third kappa shape index (κ3) is 3.05. The van der Waals surface area contributed by atoms with E-state index in [1.807, 2.05) is 0 Å². The van der Waals surface area contributed by atoms with Crippen LogP contribution in [0.15, 0.2) is 24.3 Å². The summed E-state index contributed by atoms with van der Waals surface area (Å²) in [6.07, 6.45) is 5.92. The van der Waals surface area contributed by atoms with Gasteiger partial charge in [-0.3, -0.25) is 0 Å². The molecule has 1 heterocycles. The monoisotopic (exact) mass is 246 g/mol. The minimum Gasteiger partial charge on any atom is -0.369 e. The Morgan fingerprint density at radius 3 is 2.89 bits per heavy atom. The molecular formula is C16H26N2. The van der Waals surface area contributed by atoms with Gasteiger partial charge in [-0.15, -0.1) is 0 Å². The van der Waals surface area contributed by atoms with Crippen LogP contribution >= 0.6 is 0 Å². The van der Waals surface area contributed by atoms with Crippen LogP contribution in [0.4, 0.5) is 5.69 Å². The summed E-state index contributed by atoms with van der Waals surface area (Å²) in [6, 6.07) is 9.83. The second-order valence-corrected chi connectivity index (χ2v) is 5.55. The molecule has 2 atom stereocenters. The van der Waals surface area contributed by atoms with Gasteiger partial charge in [0.15, 0.2) is 0 Å². The molecule has 0 spiro atoms. The first kappa shape index (κ1) is 13.4. The van der Waals surface area contributed by atoms with Gasteiger partial charge in [-0.2, -0.15) is 0 Å². The van der Waals surface area contributed by atoms with Gasteiger partial charge in [-0.25, -0.2) is 0 Å². The van der Waals surface area contributed by atoms with E-state index in [1.54, 1.807) is 0 Å². The second kappa shape index (κ2) is 6.24. The average Bonchev–Trinajstić information content (AvgIpc) is 2.38. The van der Waals surface area contributed by atoms with E-state index >= 15 is 0 Å². The number of nitrogens with two attached hydrogens (primary N) is 1. The van der Waals surface area contributed by atoms with Gasteiger partial charge in [0.05, 0.1) is 0 Å². The van der Waals surface area contributed by atoms with Crippen molar-refractivity contribution in [2.45, 2.75) is 58.0 Å². The van der Waals surface area contributed by atoms with Gasteiger partial charge in [0.25, 0.3) is 0 Å². The first-order valence-corrected chi connectivity index (χ1v) is 7.32. The zero-order chi connectivity index (χ0) is 13.0. The van der Waals surface area contributed by atoms with Gasteiger partial charge < -0.3 is 10.6 Å². The van der Waals surface area contributed by atoms with E-state index in [2.05, 4.69) is 43.0 Å². The van der Waals surface area contributed by atoms with Gasteiger partial charge in [0.2, 0.25) is 0 Å². The summed E-state index contributed by atoms with van der Waals surface area (Å²) in [5.41, 5.74) is 9.07. The van der Waals surface area contributed by atoms with E-state index in [0.29, 0.717) is 12.1 Å². The van der Waals surface area contributed by atoms with Crippen molar-refractivity contribution in [3.63, 3.8) is 0 Å². The Bertz CT molecular complexity index is 375. The second-order valence-electron chi connectivity index (χ2n) is 5.55. The Kier molecular flexibility index (Phi) is 4.65. The van der Waals surface area contributed by atoms with Gasteiger partial charge in [-0.05, 0) is 44.2 Å². The third-order valence-electron chi connectivity index (χ3n) is 4.06. The van der Waals surface area contributed by atoms with Crippen LogP contribution in [0.2, 0.25) is 0 Å². The molecule has 0 radical (unpaired) electrons. The number of benzene rings is 1. The molecule has 0 saturated heterocycles. The summed E-state index contributed by atoms with van der Waals surface area (Å²) in [7, 11) is 0. The fourth-order valence-electron chi connectivity index (χ4n) is 2.92. The molecule has 0 amide bonds. The Morgan fingerprint density at radius 2 is 2.11 bits per heavy atom. The molecule has 1 aromatic rings. The molecule has 2 heteroatoms. The van der Waals surface area contributed by atoms with E-state index < -0.39 is 0 Å². The number of hydrogen-bond acceptors (Lipinski definition) is 2. The average molecular weight is 246 g/mol. The Hall–Kier alpha value is -1.02. The highest BCUT2D eigenvalue weighted by Gasteiger charge is 2.22. The van der Waals surface area contributed by atoms with E-state index in [0.717, 1.165) is 19.4 Å². The molecule has 0 aliphatic carbocycles. The number of fused-ring (bicyclic) bond motifs is 1. The number of hydrogen-bond donors (Lipinski definition) is 1. The molecule has 1 aliphatic rings. The van der Waals surface area contributed by atoms with Crippen LogP contribution in [0.25, 0.3) is 0 Å². The van der Waals surface area contributed by atoms with Crippen molar-refractivity contribution >= 4 is 5.69 Å². The predicted octanol–water partition coefficient (Wildman–Crippen LogP) is 3.35. The topological polar surface area (TPSA) is 29.3 Å². The molecule has 100 valence electrons. The van der Waals surface area contributed by atoms with Crippen molar-refractivity contribution in [3.8, 4) is 0 Å². The molecule has 18 heavy (non-hydrogen) atoms. The first-order valence-electron chi connectivity index (χ1n) is 7.32. The maximum Gasteiger partial charge on any atom is 0.0401 e. The van der Waals surface area contributed by atoms with Crippen molar-refractivity contribution in [1.29, 1.82) is 0 Å². The van der Waals surface area contributed by atoms with Crippen LogP contribution in [0, 0.1) is 0 Å². The lowest BCUT2D eigenvalue weighted by atomic mass is 9.96. The molecule has 2 nitrogen and oxygen atoms in total. The lowest BCUT2D eigenvalue weighted by Crippen LogP contribution is -2.40. The smallest absolute Gasteiger partial charge is 0.0401 e. The highest BCUT2D eigenvalue weighted by molar-refractivity contribution is 5.56. The molecule has 0 aromatic heterocycles. The van der Waals surface area contributed by atoms with E-state index in [-0.39, 0.29) is 0 Å². The van der Waals surface area contributed by atoms with Crippen LogP contribution in [0.3, 0.4) is 0 Å². The van der Waals surface area contributed by atoms with Crippen molar-refractivity contribution in [2.75, 3.05) is 11.4 Å². The Balaban J connectivity index is 2.03. The number of rotatable bonds is 5. The largest absolute Gasteiger partial charge is 0.369 e. The van der Waals surface area contributed by atoms with Crippen LogP contribution in [-0.2, 0) is 6.42 Å². The molecule has 2 N–H and O–H groups in total. The van der Waals surface area contributed by atoms with Gasteiger partial charge in [0.1, 0.15) is 0 Å². The molecule has 0 bridgehead atoms. The van der Waals surface area contributed by atoms with E-state index in [9.17, 15) is 0 Å². The number of aryl methyl sites for hydroxylation is 1. The highest BCUT2D eigenvalue weighted by atomic mass is 15.2. The summed E-state index contributed by atoms with van der Waals surface area (Å²) in [4.78, 5) is 2.55. The van der Waals surface area contributed by atoms with Crippen LogP contribution in [0.5, 0.6) is 0 Å². The molecule has 2 unspecified atom stereocenters. The lowest BCUT2D eigenvalue weighted by molar-refractivity contribution is 0.506. The zero-order valence-electron chi connectivity index (χ0n) is 11.7. The predicted molar refractivity (Wildman–Crippen MR) is 79.1 cm³/mol. The van der Waals surface area contributed by atoms with Crippen LogP contribution in [-0.4, -0.2) is 18.6 Å². The van der Waals surface area contributed by atoms with Crippen molar-refractivity contribution in [1.82, 2.24) is 0 Å². The number of para-hydroxylation sites is 1. The standard InChI is InChI=1S/C16H26N2/c1-3-6-15(17)11-12-18-13(2)9-10-14-7-4-5-8-16(14)18/h4-5,7-8,13,15H,3,6,9-12,17H2,1-2H3.